The Hall–Kier alpha value is -2.28. The van der Waals surface area contributed by atoms with Crippen molar-refractivity contribution in [1.29, 1.82) is 0 Å². The second-order valence-corrected chi connectivity index (χ2v) is 13.2. The molecule has 0 aromatic carbocycles. The van der Waals surface area contributed by atoms with Crippen molar-refractivity contribution in [2.24, 2.45) is 5.92 Å². The number of H-pyrrole nitrogens is 1. The molecule has 2 aliphatic rings. The molecule has 1 atom stereocenters. The van der Waals surface area contributed by atoms with Crippen molar-refractivity contribution in [1.82, 2.24) is 24.0 Å². The van der Waals surface area contributed by atoms with Crippen LogP contribution in [0.3, 0.4) is 0 Å². The van der Waals surface area contributed by atoms with Crippen molar-refractivity contribution in [3.63, 3.8) is 0 Å². The van der Waals surface area contributed by atoms with Crippen molar-refractivity contribution in [2.75, 3.05) is 43.1 Å². The molecule has 2 aliphatic heterocycles. The zero-order valence-corrected chi connectivity index (χ0v) is 20.8. The van der Waals surface area contributed by atoms with Crippen molar-refractivity contribution in [2.45, 2.75) is 31.7 Å². The van der Waals surface area contributed by atoms with Crippen molar-refractivity contribution >= 4 is 47.7 Å². The van der Waals surface area contributed by atoms with Crippen molar-refractivity contribution in [3.05, 3.63) is 30.7 Å². The molecule has 5 rings (SSSR count). The van der Waals surface area contributed by atoms with Gasteiger partial charge in [-0.15, -0.1) is 0 Å². The third kappa shape index (κ3) is 4.90. The molecule has 0 spiro atoms. The van der Waals surface area contributed by atoms with Gasteiger partial charge in [0.15, 0.2) is 0 Å². The predicted molar refractivity (Wildman–Crippen MR) is 133 cm³/mol. The first kappa shape index (κ1) is 23.5. The lowest BCUT2D eigenvalue weighted by molar-refractivity contribution is 0.299. The number of anilines is 1. The zero-order valence-electron chi connectivity index (χ0n) is 19.1. The summed E-state index contributed by atoms with van der Waals surface area (Å²) in [5.41, 5.74) is 2.77. The van der Waals surface area contributed by atoms with Crippen molar-refractivity contribution in [3.8, 4) is 0 Å². The molecule has 1 unspecified atom stereocenters. The molecule has 2 N–H and O–H groups in total. The summed E-state index contributed by atoms with van der Waals surface area (Å²) in [6.45, 7) is 2.20. The van der Waals surface area contributed by atoms with Crippen LogP contribution in [0, 0.1) is 5.92 Å². The summed E-state index contributed by atoms with van der Waals surface area (Å²) in [7, 11) is -6.82. The first-order valence-electron chi connectivity index (χ1n) is 11.6. The zero-order chi connectivity index (χ0) is 23.9. The number of fused-ring (bicyclic) bond motifs is 3. The third-order valence-electron chi connectivity index (χ3n) is 6.83. The van der Waals surface area contributed by atoms with Gasteiger partial charge in [0.2, 0.25) is 20.0 Å². The molecule has 34 heavy (non-hydrogen) atoms. The first-order valence-corrected chi connectivity index (χ1v) is 15.1. The average molecular weight is 507 g/mol. The Labute approximate surface area is 199 Å². The van der Waals surface area contributed by atoms with E-state index in [4.69, 9.17) is 0 Å². The number of nitrogens with one attached hydrogen (secondary N) is 2. The standard InChI is InChI=1S/C22H30N6O4S2/c1-33(29,30)26-17-3-2-10-28(14-17)34(31,32)15-16-6-11-27(12-7-16)20-5-9-23-19-13-25-22-18(21(19)20)4-8-24-22/h4-5,8-9,13,16-17,26H,2-3,6-7,10-12,14-15H2,1H3,(H,24,25). The molecule has 10 nitrogen and oxygen atoms in total. The van der Waals surface area contributed by atoms with Crippen LogP contribution in [0.25, 0.3) is 21.9 Å². The number of sulfonamides is 2. The van der Waals surface area contributed by atoms with Gasteiger partial charge < -0.3 is 9.88 Å². The van der Waals surface area contributed by atoms with E-state index in [0.717, 1.165) is 59.8 Å². The highest BCUT2D eigenvalue weighted by atomic mass is 32.2. The van der Waals surface area contributed by atoms with Gasteiger partial charge in [0, 0.05) is 61.1 Å². The summed E-state index contributed by atoms with van der Waals surface area (Å²) in [4.78, 5) is 14.4. The molecule has 2 fully saturated rings. The highest BCUT2D eigenvalue weighted by Crippen LogP contribution is 2.33. The van der Waals surface area contributed by atoms with E-state index in [1.54, 1.807) is 12.4 Å². The fraction of sp³-hybridized carbons (Fsp3) is 0.545. The molecule has 0 amide bonds. The van der Waals surface area contributed by atoms with E-state index >= 15 is 0 Å². The number of pyridine rings is 2. The summed E-state index contributed by atoms with van der Waals surface area (Å²) >= 11 is 0. The van der Waals surface area contributed by atoms with Crippen LogP contribution in [0.15, 0.2) is 30.7 Å². The number of aromatic amines is 1. The first-order chi connectivity index (χ1) is 16.2. The molecule has 12 heteroatoms. The third-order valence-corrected chi connectivity index (χ3v) is 9.60. The van der Waals surface area contributed by atoms with Crippen molar-refractivity contribution < 1.29 is 16.8 Å². The van der Waals surface area contributed by atoms with E-state index in [0.29, 0.717) is 19.4 Å². The maximum Gasteiger partial charge on any atom is 0.214 e. The summed E-state index contributed by atoms with van der Waals surface area (Å²) in [5.74, 6) is 0.182. The van der Waals surface area contributed by atoms with E-state index in [2.05, 4.69) is 24.6 Å². The molecular formula is C22H30N6O4S2. The van der Waals surface area contributed by atoms with Gasteiger partial charge in [-0.3, -0.25) is 4.98 Å². The SMILES string of the molecule is CS(=O)(=O)NC1CCCN(S(=O)(=O)CC2CCN(c3ccnc4cnc5[nH]ccc5c34)CC2)C1. The molecule has 5 heterocycles. The Kier molecular flexibility index (Phi) is 6.25. The number of rotatable bonds is 6. The Morgan fingerprint density at radius 3 is 2.65 bits per heavy atom. The van der Waals surface area contributed by atoms with E-state index in [9.17, 15) is 16.8 Å². The molecular weight excluding hydrogens is 476 g/mol. The molecule has 0 bridgehead atoms. The minimum atomic E-state index is -3.45. The van der Waals surface area contributed by atoms with E-state index in [1.165, 1.54) is 4.31 Å². The maximum atomic E-state index is 13.1. The summed E-state index contributed by atoms with van der Waals surface area (Å²) < 4.78 is 53.4. The molecule has 3 aromatic heterocycles. The molecule has 0 saturated carbocycles. The summed E-state index contributed by atoms with van der Waals surface area (Å²) in [6, 6.07) is 3.67. The van der Waals surface area contributed by atoms with Gasteiger partial charge >= 0.3 is 0 Å². The Morgan fingerprint density at radius 2 is 1.88 bits per heavy atom. The Bertz CT molecular complexity index is 1400. The second-order valence-electron chi connectivity index (χ2n) is 9.38. The molecule has 2 saturated heterocycles. The van der Waals surface area contributed by atoms with Gasteiger partial charge in [-0.25, -0.2) is 30.8 Å². The normalized spacial score (nSPS) is 21.4. The molecule has 3 aromatic rings. The predicted octanol–water partition coefficient (Wildman–Crippen LogP) is 1.67. The quantitative estimate of drug-likeness (QED) is 0.520. The van der Waals surface area contributed by atoms with E-state index < -0.39 is 20.0 Å². The van der Waals surface area contributed by atoms with Crippen LogP contribution in [0.2, 0.25) is 0 Å². The van der Waals surface area contributed by atoms with Crippen LogP contribution in [0.1, 0.15) is 25.7 Å². The van der Waals surface area contributed by atoms with Gasteiger partial charge in [-0.1, -0.05) is 0 Å². The monoisotopic (exact) mass is 506 g/mol. The van der Waals surface area contributed by atoms with Crippen LogP contribution >= 0.6 is 0 Å². The number of aromatic nitrogens is 3. The topological polar surface area (TPSA) is 128 Å². The minimum absolute atomic E-state index is 0.0755. The number of piperidine rings is 2. The highest BCUT2D eigenvalue weighted by Gasteiger charge is 2.33. The largest absolute Gasteiger partial charge is 0.371 e. The maximum absolute atomic E-state index is 13.1. The molecule has 0 aliphatic carbocycles. The van der Waals surface area contributed by atoms with E-state index in [-0.39, 0.29) is 24.3 Å². The van der Waals surface area contributed by atoms with Gasteiger partial charge in [-0.2, -0.15) is 0 Å². The van der Waals surface area contributed by atoms with Crippen LogP contribution in [-0.4, -0.2) is 80.3 Å². The lowest BCUT2D eigenvalue weighted by atomic mass is 9.98. The lowest BCUT2D eigenvalue weighted by Gasteiger charge is -2.36. The number of nitrogens with zero attached hydrogens (tertiary/aromatic N) is 4. The Balaban J connectivity index is 1.26. The summed E-state index contributed by atoms with van der Waals surface area (Å²) in [5, 5.41) is 2.10. The number of hydrogen-bond acceptors (Lipinski definition) is 7. The smallest absolute Gasteiger partial charge is 0.214 e. The van der Waals surface area contributed by atoms with Gasteiger partial charge in [-0.05, 0) is 43.7 Å². The van der Waals surface area contributed by atoms with Gasteiger partial charge in [0.25, 0.3) is 0 Å². The Morgan fingerprint density at radius 1 is 1.09 bits per heavy atom. The highest BCUT2D eigenvalue weighted by molar-refractivity contribution is 7.89. The van der Waals surface area contributed by atoms with Crippen LogP contribution in [-0.2, 0) is 20.0 Å². The summed E-state index contributed by atoms with van der Waals surface area (Å²) in [6.07, 6.45) is 9.43. The van der Waals surface area contributed by atoms with Crippen LogP contribution in [0.5, 0.6) is 0 Å². The molecule has 184 valence electrons. The number of hydrogen-bond donors (Lipinski definition) is 2. The van der Waals surface area contributed by atoms with Crippen LogP contribution in [0.4, 0.5) is 5.69 Å². The minimum Gasteiger partial charge on any atom is -0.371 e. The second kappa shape index (κ2) is 9.06. The fourth-order valence-corrected chi connectivity index (χ4v) is 7.99. The van der Waals surface area contributed by atoms with Gasteiger partial charge in [0.1, 0.15) is 5.65 Å². The van der Waals surface area contributed by atoms with Gasteiger partial charge in [0.05, 0.1) is 23.7 Å². The van der Waals surface area contributed by atoms with Crippen LogP contribution < -0.4 is 9.62 Å². The lowest BCUT2D eigenvalue weighted by Crippen LogP contribution is -2.50. The van der Waals surface area contributed by atoms with E-state index in [1.807, 2.05) is 18.3 Å². The fourth-order valence-electron chi connectivity index (χ4n) is 5.24. The average Bonchev–Trinajstić information content (AvgIpc) is 3.27. The molecule has 0 radical (unpaired) electrons.